The standard InChI is InChI=1S/C18H22N4O3/c1-14-3-2-4-15(11-14)12-20-7-9-21(10-8-20)18(25)16-5-6-22(19-16)13-17(23)24/h2-6,11H,7-10,12-13H2,1H3,(H,23,24). The van der Waals surface area contributed by atoms with Gasteiger partial charge in [-0.15, -0.1) is 0 Å². The summed E-state index contributed by atoms with van der Waals surface area (Å²) in [5.74, 6) is -1.12. The fourth-order valence-corrected chi connectivity index (χ4v) is 3.04. The molecule has 1 fully saturated rings. The minimum atomic E-state index is -0.980. The number of nitrogens with zero attached hydrogens (tertiary/aromatic N) is 4. The number of hydrogen-bond acceptors (Lipinski definition) is 4. The van der Waals surface area contributed by atoms with Gasteiger partial charge in [0, 0.05) is 38.9 Å². The van der Waals surface area contributed by atoms with Crippen LogP contribution in [0.4, 0.5) is 0 Å². The number of aryl methyl sites for hydroxylation is 1. The Kier molecular flexibility index (Phi) is 5.14. The van der Waals surface area contributed by atoms with Crippen molar-refractivity contribution in [3.63, 3.8) is 0 Å². The topological polar surface area (TPSA) is 78.7 Å². The molecule has 1 aliphatic rings. The summed E-state index contributed by atoms with van der Waals surface area (Å²) in [5, 5.41) is 12.8. The van der Waals surface area contributed by atoms with Crippen LogP contribution in [0.15, 0.2) is 36.5 Å². The van der Waals surface area contributed by atoms with Crippen molar-refractivity contribution in [1.82, 2.24) is 19.6 Å². The summed E-state index contributed by atoms with van der Waals surface area (Å²) in [7, 11) is 0. The van der Waals surface area contributed by atoms with Gasteiger partial charge in [-0.1, -0.05) is 29.8 Å². The molecule has 0 saturated carbocycles. The third-order valence-electron chi connectivity index (χ3n) is 4.31. The predicted molar refractivity (Wildman–Crippen MR) is 92.2 cm³/mol. The number of amides is 1. The first-order valence-corrected chi connectivity index (χ1v) is 8.34. The Balaban J connectivity index is 1.54. The van der Waals surface area contributed by atoms with E-state index in [1.165, 1.54) is 22.0 Å². The van der Waals surface area contributed by atoms with E-state index in [1.807, 2.05) is 0 Å². The van der Waals surface area contributed by atoms with Gasteiger partial charge in [-0.3, -0.25) is 19.2 Å². The third kappa shape index (κ3) is 4.45. The first-order chi connectivity index (χ1) is 12.0. The number of carbonyl (C=O) groups excluding carboxylic acids is 1. The summed E-state index contributed by atoms with van der Waals surface area (Å²) >= 11 is 0. The smallest absolute Gasteiger partial charge is 0.325 e. The van der Waals surface area contributed by atoms with Crippen molar-refractivity contribution >= 4 is 11.9 Å². The van der Waals surface area contributed by atoms with Crippen LogP contribution in [-0.4, -0.2) is 62.7 Å². The summed E-state index contributed by atoms with van der Waals surface area (Å²) in [6, 6.07) is 10.0. The zero-order chi connectivity index (χ0) is 17.8. The molecule has 0 spiro atoms. The maximum absolute atomic E-state index is 12.5. The second kappa shape index (κ2) is 7.48. The number of rotatable bonds is 5. The van der Waals surface area contributed by atoms with Crippen LogP contribution in [-0.2, 0) is 17.9 Å². The zero-order valence-electron chi connectivity index (χ0n) is 14.3. The maximum atomic E-state index is 12.5. The predicted octanol–water partition coefficient (Wildman–Crippen LogP) is 1.23. The lowest BCUT2D eigenvalue weighted by Gasteiger charge is -2.34. The number of carbonyl (C=O) groups is 2. The molecular weight excluding hydrogens is 320 g/mol. The summed E-state index contributed by atoms with van der Waals surface area (Å²) in [6.07, 6.45) is 1.52. The minimum Gasteiger partial charge on any atom is -0.480 e. The van der Waals surface area contributed by atoms with Crippen LogP contribution in [0.2, 0.25) is 0 Å². The molecule has 132 valence electrons. The van der Waals surface area contributed by atoms with E-state index in [0.29, 0.717) is 18.8 Å². The van der Waals surface area contributed by atoms with Crippen molar-refractivity contribution in [1.29, 1.82) is 0 Å². The Morgan fingerprint density at radius 3 is 2.60 bits per heavy atom. The van der Waals surface area contributed by atoms with E-state index in [0.717, 1.165) is 19.6 Å². The van der Waals surface area contributed by atoms with E-state index in [1.54, 1.807) is 11.0 Å². The number of carboxylic acids is 1. The average Bonchev–Trinajstić information content (AvgIpc) is 3.02. The molecular formula is C18H22N4O3. The Bertz CT molecular complexity index is 763. The van der Waals surface area contributed by atoms with E-state index >= 15 is 0 Å². The monoisotopic (exact) mass is 342 g/mol. The molecule has 2 aromatic rings. The molecule has 0 atom stereocenters. The molecule has 1 N–H and O–H groups in total. The SMILES string of the molecule is Cc1cccc(CN2CCN(C(=O)c3ccn(CC(=O)O)n3)CC2)c1. The fraction of sp³-hybridized carbons (Fsp3) is 0.389. The van der Waals surface area contributed by atoms with Gasteiger partial charge in [-0.25, -0.2) is 0 Å². The van der Waals surface area contributed by atoms with Crippen LogP contribution >= 0.6 is 0 Å². The summed E-state index contributed by atoms with van der Waals surface area (Å²) < 4.78 is 1.27. The van der Waals surface area contributed by atoms with Gasteiger partial charge in [0.05, 0.1) is 0 Å². The van der Waals surface area contributed by atoms with Crippen LogP contribution in [0.3, 0.4) is 0 Å². The van der Waals surface area contributed by atoms with Gasteiger partial charge in [0.15, 0.2) is 0 Å². The van der Waals surface area contributed by atoms with Crippen molar-refractivity contribution in [2.75, 3.05) is 26.2 Å². The Labute approximate surface area is 146 Å². The summed E-state index contributed by atoms with van der Waals surface area (Å²) in [4.78, 5) is 27.3. The quantitative estimate of drug-likeness (QED) is 0.884. The molecule has 0 radical (unpaired) electrons. The van der Waals surface area contributed by atoms with Crippen molar-refractivity contribution in [3.8, 4) is 0 Å². The number of hydrogen-bond donors (Lipinski definition) is 1. The summed E-state index contributed by atoms with van der Waals surface area (Å²) in [6.45, 7) is 5.66. The molecule has 0 unspecified atom stereocenters. The van der Waals surface area contributed by atoms with Crippen LogP contribution in [0.1, 0.15) is 21.6 Å². The van der Waals surface area contributed by atoms with E-state index in [-0.39, 0.29) is 12.5 Å². The van der Waals surface area contributed by atoms with Crippen LogP contribution in [0.25, 0.3) is 0 Å². The van der Waals surface area contributed by atoms with Gasteiger partial charge in [-0.2, -0.15) is 5.10 Å². The van der Waals surface area contributed by atoms with E-state index in [2.05, 4.69) is 41.2 Å². The lowest BCUT2D eigenvalue weighted by Crippen LogP contribution is -2.48. The normalized spacial score (nSPS) is 15.3. The maximum Gasteiger partial charge on any atom is 0.325 e. The number of aromatic nitrogens is 2. The van der Waals surface area contributed by atoms with Crippen molar-refractivity contribution in [3.05, 3.63) is 53.3 Å². The minimum absolute atomic E-state index is 0.139. The van der Waals surface area contributed by atoms with Crippen molar-refractivity contribution < 1.29 is 14.7 Å². The van der Waals surface area contributed by atoms with Crippen LogP contribution in [0.5, 0.6) is 0 Å². The van der Waals surface area contributed by atoms with E-state index in [9.17, 15) is 9.59 Å². The van der Waals surface area contributed by atoms with Crippen molar-refractivity contribution in [2.24, 2.45) is 0 Å². The van der Waals surface area contributed by atoms with Gasteiger partial charge < -0.3 is 10.0 Å². The molecule has 2 heterocycles. The molecule has 25 heavy (non-hydrogen) atoms. The first kappa shape index (κ1) is 17.2. The molecule has 1 aromatic carbocycles. The average molecular weight is 342 g/mol. The number of aliphatic carboxylic acids is 1. The highest BCUT2D eigenvalue weighted by atomic mass is 16.4. The molecule has 7 nitrogen and oxygen atoms in total. The molecule has 1 saturated heterocycles. The highest BCUT2D eigenvalue weighted by molar-refractivity contribution is 5.92. The van der Waals surface area contributed by atoms with Gasteiger partial charge in [0.25, 0.3) is 5.91 Å². The largest absolute Gasteiger partial charge is 0.480 e. The van der Waals surface area contributed by atoms with Crippen LogP contribution in [0, 0.1) is 6.92 Å². The van der Waals surface area contributed by atoms with E-state index < -0.39 is 5.97 Å². The molecule has 1 aromatic heterocycles. The number of benzene rings is 1. The van der Waals surface area contributed by atoms with E-state index in [4.69, 9.17) is 5.11 Å². The fourth-order valence-electron chi connectivity index (χ4n) is 3.04. The van der Waals surface area contributed by atoms with Gasteiger partial charge in [0.1, 0.15) is 12.2 Å². The Morgan fingerprint density at radius 2 is 1.92 bits per heavy atom. The number of piperazine rings is 1. The molecule has 0 bridgehead atoms. The molecule has 1 amide bonds. The molecule has 7 heteroatoms. The Morgan fingerprint density at radius 1 is 1.16 bits per heavy atom. The van der Waals surface area contributed by atoms with Crippen molar-refractivity contribution in [2.45, 2.75) is 20.0 Å². The third-order valence-corrected chi connectivity index (χ3v) is 4.31. The second-order valence-corrected chi connectivity index (χ2v) is 6.35. The molecule has 0 aliphatic carbocycles. The lowest BCUT2D eigenvalue weighted by molar-refractivity contribution is -0.137. The van der Waals surface area contributed by atoms with Gasteiger partial charge in [-0.05, 0) is 18.6 Å². The van der Waals surface area contributed by atoms with Gasteiger partial charge >= 0.3 is 5.97 Å². The number of carboxylic acid groups (broad SMARTS) is 1. The zero-order valence-corrected chi connectivity index (χ0v) is 14.3. The highest BCUT2D eigenvalue weighted by Gasteiger charge is 2.23. The summed E-state index contributed by atoms with van der Waals surface area (Å²) in [5.41, 5.74) is 2.84. The van der Waals surface area contributed by atoms with Crippen LogP contribution < -0.4 is 0 Å². The second-order valence-electron chi connectivity index (χ2n) is 6.35. The first-order valence-electron chi connectivity index (χ1n) is 8.34. The highest BCUT2D eigenvalue weighted by Crippen LogP contribution is 2.12. The lowest BCUT2D eigenvalue weighted by atomic mass is 10.1. The Hall–Kier alpha value is -2.67. The molecule has 3 rings (SSSR count). The molecule has 1 aliphatic heterocycles. The van der Waals surface area contributed by atoms with Gasteiger partial charge in [0.2, 0.25) is 0 Å².